The molecule has 112 valence electrons. The number of aromatic nitrogens is 1. The summed E-state index contributed by atoms with van der Waals surface area (Å²) >= 11 is 3.35. The summed E-state index contributed by atoms with van der Waals surface area (Å²) < 4.78 is 6.40. The summed E-state index contributed by atoms with van der Waals surface area (Å²) in [6, 6.07) is 17.4. The van der Waals surface area contributed by atoms with Crippen molar-refractivity contribution in [3.8, 4) is 5.75 Å². The van der Waals surface area contributed by atoms with E-state index in [1.165, 1.54) is 0 Å². The Balaban J connectivity index is 1.50. The topological polar surface area (TPSA) is 54.1 Å². The molecule has 0 unspecified atom stereocenters. The predicted octanol–water partition coefficient (Wildman–Crippen LogP) is 3.63. The Hall–Kier alpha value is -2.27. The van der Waals surface area contributed by atoms with Crippen molar-refractivity contribution in [1.82, 2.24) is 10.3 Å². The standard InChI is InChI=1S/C17H15BrN2O2/c18-13-5-7-15(8-6-13)22-11-17(21)19-10-14-9-12-3-1-2-4-16(12)20-14/h1-9,20H,10-11H2,(H,19,21). The third-order valence-corrected chi connectivity index (χ3v) is 3.77. The Morgan fingerprint density at radius 3 is 2.68 bits per heavy atom. The smallest absolute Gasteiger partial charge is 0.258 e. The molecule has 3 rings (SSSR count). The van der Waals surface area contributed by atoms with Crippen LogP contribution in [0.4, 0.5) is 0 Å². The molecule has 0 saturated carbocycles. The van der Waals surface area contributed by atoms with Crippen LogP contribution in [-0.2, 0) is 11.3 Å². The first-order valence-electron chi connectivity index (χ1n) is 6.92. The van der Waals surface area contributed by atoms with E-state index < -0.39 is 0 Å². The summed E-state index contributed by atoms with van der Waals surface area (Å²) in [6.07, 6.45) is 0. The number of benzene rings is 2. The lowest BCUT2D eigenvalue weighted by Crippen LogP contribution is -2.28. The first kappa shape index (κ1) is 14.7. The molecular weight excluding hydrogens is 344 g/mol. The molecule has 2 N–H and O–H groups in total. The van der Waals surface area contributed by atoms with E-state index in [0.29, 0.717) is 12.3 Å². The van der Waals surface area contributed by atoms with E-state index in [9.17, 15) is 4.79 Å². The molecular formula is C17H15BrN2O2. The summed E-state index contributed by atoms with van der Waals surface area (Å²) in [7, 11) is 0. The van der Waals surface area contributed by atoms with E-state index in [0.717, 1.165) is 21.1 Å². The van der Waals surface area contributed by atoms with Crippen molar-refractivity contribution in [3.63, 3.8) is 0 Å². The number of hydrogen-bond acceptors (Lipinski definition) is 2. The van der Waals surface area contributed by atoms with Crippen LogP contribution >= 0.6 is 15.9 Å². The zero-order valence-corrected chi connectivity index (χ0v) is 13.4. The number of rotatable bonds is 5. The van der Waals surface area contributed by atoms with Crippen molar-refractivity contribution in [2.75, 3.05) is 6.61 Å². The Morgan fingerprint density at radius 2 is 1.91 bits per heavy atom. The van der Waals surface area contributed by atoms with Gasteiger partial charge in [-0.1, -0.05) is 34.1 Å². The Bertz CT molecular complexity index is 748. The molecule has 5 heteroatoms. The van der Waals surface area contributed by atoms with Crippen LogP contribution in [0, 0.1) is 0 Å². The SMILES string of the molecule is O=C(COc1ccc(Br)cc1)NCc1cc2ccccc2[nH]1. The molecule has 0 spiro atoms. The van der Waals surface area contributed by atoms with Gasteiger partial charge in [-0.25, -0.2) is 0 Å². The molecule has 0 radical (unpaired) electrons. The number of halogens is 1. The van der Waals surface area contributed by atoms with Crippen LogP contribution in [0.2, 0.25) is 0 Å². The van der Waals surface area contributed by atoms with Crippen LogP contribution in [-0.4, -0.2) is 17.5 Å². The number of carbonyl (C=O) groups excluding carboxylic acids is 1. The van der Waals surface area contributed by atoms with Gasteiger partial charge in [-0.3, -0.25) is 4.79 Å². The van der Waals surface area contributed by atoms with E-state index in [1.807, 2.05) is 54.6 Å². The maximum atomic E-state index is 11.8. The fraction of sp³-hybridized carbons (Fsp3) is 0.118. The second-order valence-electron chi connectivity index (χ2n) is 4.90. The minimum absolute atomic E-state index is 0.00185. The third-order valence-electron chi connectivity index (χ3n) is 3.25. The molecule has 1 aromatic heterocycles. The van der Waals surface area contributed by atoms with Crippen LogP contribution in [0.25, 0.3) is 10.9 Å². The summed E-state index contributed by atoms with van der Waals surface area (Å²) in [5, 5.41) is 3.97. The van der Waals surface area contributed by atoms with Gasteiger partial charge in [0.15, 0.2) is 6.61 Å². The van der Waals surface area contributed by atoms with Crippen LogP contribution in [0.5, 0.6) is 5.75 Å². The van der Waals surface area contributed by atoms with Crippen molar-refractivity contribution >= 4 is 32.7 Å². The van der Waals surface area contributed by atoms with Crippen molar-refractivity contribution in [2.45, 2.75) is 6.54 Å². The highest BCUT2D eigenvalue weighted by Crippen LogP contribution is 2.16. The number of aromatic amines is 1. The van der Waals surface area contributed by atoms with Gasteiger partial charge in [0.2, 0.25) is 0 Å². The Kier molecular flexibility index (Phi) is 4.44. The molecule has 1 heterocycles. The molecule has 4 nitrogen and oxygen atoms in total. The molecule has 0 saturated heterocycles. The van der Waals surface area contributed by atoms with Gasteiger partial charge in [0.1, 0.15) is 5.75 Å². The van der Waals surface area contributed by atoms with Crippen molar-refractivity contribution in [3.05, 3.63) is 64.8 Å². The second kappa shape index (κ2) is 6.66. The van der Waals surface area contributed by atoms with Gasteiger partial charge in [-0.05, 0) is 41.8 Å². The lowest BCUT2D eigenvalue weighted by Gasteiger charge is -2.06. The van der Waals surface area contributed by atoms with Gasteiger partial charge >= 0.3 is 0 Å². The molecule has 0 aliphatic heterocycles. The number of carbonyl (C=O) groups is 1. The molecule has 0 bridgehead atoms. The quantitative estimate of drug-likeness (QED) is 0.731. The Morgan fingerprint density at radius 1 is 1.14 bits per heavy atom. The minimum atomic E-state index is -0.151. The summed E-state index contributed by atoms with van der Waals surface area (Å²) in [5.74, 6) is 0.519. The van der Waals surface area contributed by atoms with Gasteiger partial charge in [0, 0.05) is 15.7 Å². The number of H-pyrrole nitrogens is 1. The molecule has 22 heavy (non-hydrogen) atoms. The molecule has 0 aliphatic rings. The highest BCUT2D eigenvalue weighted by molar-refractivity contribution is 9.10. The number of fused-ring (bicyclic) bond motifs is 1. The third kappa shape index (κ3) is 3.68. The average Bonchev–Trinajstić information content (AvgIpc) is 2.95. The highest BCUT2D eigenvalue weighted by atomic mass is 79.9. The second-order valence-corrected chi connectivity index (χ2v) is 5.82. The average molecular weight is 359 g/mol. The van der Waals surface area contributed by atoms with Gasteiger partial charge in [0.25, 0.3) is 5.91 Å². The number of ether oxygens (including phenoxy) is 1. The van der Waals surface area contributed by atoms with Crippen molar-refractivity contribution in [1.29, 1.82) is 0 Å². The summed E-state index contributed by atoms with van der Waals surface area (Å²) in [5.41, 5.74) is 2.04. The minimum Gasteiger partial charge on any atom is -0.484 e. The van der Waals surface area contributed by atoms with Gasteiger partial charge in [-0.2, -0.15) is 0 Å². The Labute approximate surface area is 136 Å². The monoisotopic (exact) mass is 358 g/mol. The van der Waals surface area contributed by atoms with E-state index in [2.05, 4.69) is 26.2 Å². The molecule has 0 aliphatic carbocycles. The highest BCUT2D eigenvalue weighted by Gasteiger charge is 2.05. The van der Waals surface area contributed by atoms with Crippen LogP contribution in [0.1, 0.15) is 5.69 Å². The van der Waals surface area contributed by atoms with Crippen LogP contribution in [0.15, 0.2) is 59.1 Å². The van der Waals surface area contributed by atoms with Crippen LogP contribution < -0.4 is 10.1 Å². The molecule has 1 amide bonds. The lowest BCUT2D eigenvalue weighted by atomic mass is 10.2. The van der Waals surface area contributed by atoms with Gasteiger partial charge in [-0.15, -0.1) is 0 Å². The first-order chi connectivity index (χ1) is 10.7. The van der Waals surface area contributed by atoms with Gasteiger partial charge in [0.05, 0.1) is 6.54 Å². The number of nitrogens with one attached hydrogen (secondary N) is 2. The fourth-order valence-electron chi connectivity index (χ4n) is 2.15. The van der Waals surface area contributed by atoms with E-state index >= 15 is 0 Å². The first-order valence-corrected chi connectivity index (χ1v) is 7.72. The molecule has 0 atom stereocenters. The summed E-state index contributed by atoms with van der Waals surface area (Å²) in [6.45, 7) is 0.457. The maximum Gasteiger partial charge on any atom is 0.258 e. The zero-order chi connectivity index (χ0) is 15.4. The number of hydrogen-bond donors (Lipinski definition) is 2. The number of amides is 1. The van der Waals surface area contributed by atoms with Crippen LogP contribution in [0.3, 0.4) is 0 Å². The largest absolute Gasteiger partial charge is 0.484 e. The maximum absolute atomic E-state index is 11.8. The zero-order valence-electron chi connectivity index (χ0n) is 11.8. The number of para-hydroxylation sites is 1. The van der Waals surface area contributed by atoms with Gasteiger partial charge < -0.3 is 15.0 Å². The molecule has 3 aromatic rings. The van der Waals surface area contributed by atoms with E-state index in [-0.39, 0.29) is 12.5 Å². The molecule has 0 fully saturated rings. The fourth-order valence-corrected chi connectivity index (χ4v) is 2.42. The van der Waals surface area contributed by atoms with Crippen molar-refractivity contribution in [2.24, 2.45) is 0 Å². The van der Waals surface area contributed by atoms with E-state index in [1.54, 1.807) is 0 Å². The van der Waals surface area contributed by atoms with Crippen molar-refractivity contribution < 1.29 is 9.53 Å². The normalized spacial score (nSPS) is 10.6. The van der Waals surface area contributed by atoms with E-state index in [4.69, 9.17) is 4.74 Å². The molecule has 2 aromatic carbocycles. The summed E-state index contributed by atoms with van der Waals surface area (Å²) in [4.78, 5) is 15.1. The predicted molar refractivity (Wildman–Crippen MR) is 89.8 cm³/mol. The lowest BCUT2D eigenvalue weighted by molar-refractivity contribution is -0.123.